The van der Waals surface area contributed by atoms with Crippen LogP contribution < -0.4 is 10.6 Å². The van der Waals surface area contributed by atoms with Gasteiger partial charge in [-0.2, -0.15) is 0 Å². The highest BCUT2D eigenvalue weighted by Gasteiger charge is 2.36. The maximum Gasteiger partial charge on any atom is 0.0363 e. The van der Waals surface area contributed by atoms with Crippen LogP contribution in [0.4, 0.5) is 0 Å². The van der Waals surface area contributed by atoms with Crippen molar-refractivity contribution in [3.63, 3.8) is 0 Å². The number of hydrogen-bond donors (Lipinski definition) is 2. The molecule has 2 heterocycles. The van der Waals surface area contributed by atoms with Crippen LogP contribution in [0.25, 0.3) is 0 Å². The van der Waals surface area contributed by atoms with Gasteiger partial charge in [0.25, 0.3) is 0 Å². The second-order valence-electron chi connectivity index (χ2n) is 8.05. The van der Waals surface area contributed by atoms with Crippen molar-refractivity contribution in [3.8, 4) is 0 Å². The average Bonchev–Trinajstić information content (AvgIpc) is 3.16. The van der Waals surface area contributed by atoms with E-state index in [9.17, 15) is 0 Å². The standard InChI is InChI=1S/C23H31N3/c1-16-13-17(2)23-20(9-11-25-23)21(16)15-26-12-10-19(24-3)14-22(26)18-7-5-4-6-8-18/h4-9,11,13,19-22,24-25H,10,12,14-15H2,1-3H3. The molecule has 3 nitrogen and oxygen atoms in total. The topological polar surface area (TPSA) is 27.3 Å². The molecule has 4 atom stereocenters. The third-order valence-corrected chi connectivity index (χ3v) is 6.50. The van der Waals surface area contributed by atoms with E-state index >= 15 is 0 Å². The molecule has 0 bridgehead atoms. The Hall–Kier alpha value is -1.84. The minimum absolute atomic E-state index is 0.504. The van der Waals surface area contributed by atoms with Gasteiger partial charge in [-0.3, -0.25) is 4.90 Å². The lowest BCUT2D eigenvalue weighted by molar-refractivity contribution is 0.107. The summed E-state index contributed by atoms with van der Waals surface area (Å²) in [6, 6.07) is 12.2. The zero-order valence-electron chi connectivity index (χ0n) is 16.2. The number of nitrogens with one attached hydrogen (secondary N) is 2. The summed E-state index contributed by atoms with van der Waals surface area (Å²) in [7, 11) is 2.10. The van der Waals surface area contributed by atoms with Crippen LogP contribution in [0.1, 0.15) is 38.3 Å². The van der Waals surface area contributed by atoms with Gasteiger partial charge in [0.15, 0.2) is 0 Å². The molecule has 2 aliphatic heterocycles. The third-order valence-electron chi connectivity index (χ3n) is 6.50. The number of rotatable bonds is 4. The van der Waals surface area contributed by atoms with Gasteiger partial charge >= 0.3 is 0 Å². The van der Waals surface area contributed by atoms with Gasteiger partial charge in [0, 0.05) is 42.7 Å². The number of allylic oxidation sites excluding steroid dienone is 3. The van der Waals surface area contributed by atoms with Crippen LogP contribution in [0.2, 0.25) is 0 Å². The molecule has 0 aromatic heterocycles. The van der Waals surface area contributed by atoms with Gasteiger partial charge in [0.05, 0.1) is 0 Å². The largest absolute Gasteiger partial charge is 0.365 e. The summed E-state index contributed by atoms with van der Waals surface area (Å²) in [5, 5.41) is 6.99. The van der Waals surface area contributed by atoms with Crippen molar-refractivity contribution in [1.29, 1.82) is 0 Å². The highest BCUT2D eigenvalue weighted by molar-refractivity contribution is 5.40. The van der Waals surface area contributed by atoms with Gasteiger partial charge in [-0.05, 0) is 51.1 Å². The summed E-state index contributed by atoms with van der Waals surface area (Å²) in [5.74, 6) is 1.08. The number of piperidine rings is 1. The van der Waals surface area contributed by atoms with Gasteiger partial charge in [-0.1, -0.05) is 48.1 Å². The Morgan fingerprint density at radius 3 is 2.77 bits per heavy atom. The van der Waals surface area contributed by atoms with Crippen LogP contribution in [0, 0.1) is 11.8 Å². The summed E-state index contributed by atoms with van der Waals surface area (Å²) in [6.45, 7) is 6.84. The van der Waals surface area contributed by atoms with Crippen LogP contribution >= 0.6 is 0 Å². The molecule has 138 valence electrons. The number of fused-ring (bicyclic) bond motifs is 1. The molecule has 1 aliphatic carbocycles. The van der Waals surface area contributed by atoms with E-state index in [2.05, 4.69) is 85.1 Å². The van der Waals surface area contributed by atoms with Gasteiger partial charge < -0.3 is 10.6 Å². The molecule has 26 heavy (non-hydrogen) atoms. The number of benzene rings is 1. The quantitative estimate of drug-likeness (QED) is 0.860. The van der Waals surface area contributed by atoms with Crippen LogP contribution in [0.5, 0.6) is 0 Å². The van der Waals surface area contributed by atoms with Crippen LogP contribution in [-0.2, 0) is 0 Å². The minimum atomic E-state index is 0.504. The van der Waals surface area contributed by atoms with Gasteiger partial charge in [-0.25, -0.2) is 0 Å². The highest BCUT2D eigenvalue weighted by Crippen LogP contribution is 2.40. The normalized spacial score (nSPS) is 31.6. The Balaban J connectivity index is 1.58. The van der Waals surface area contributed by atoms with Gasteiger partial charge in [0.2, 0.25) is 0 Å². The predicted molar refractivity (Wildman–Crippen MR) is 109 cm³/mol. The highest BCUT2D eigenvalue weighted by atomic mass is 15.2. The molecule has 2 N–H and O–H groups in total. The SMILES string of the molecule is CNC1CCN(CC2C(C)=CC(C)=C3NC=CC32)C(c2ccccc2)C1. The minimum Gasteiger partial charge on any atom is -0.365 e. The van der Waals surface area contributed by atoms with Crippen molar-refractivity contribution in [2.24, 2.45) is 11.8 Å². The van der Waals surface area contributed by atoms with E-state index in [1.165, 1.54) is 35.2 Å². The van der Waals surface area contributed by atoms with Crippen molar-refractivity contribution >= 4 is 0 Å². The number of nitrogens with zero attached hydrogens (tertiary/aromatic N) is 1. The van der Waals surface area contributed by atoms with E-state index in [1.807, 2.05) is 0 Å². The van der Waals surface area contributed by atoms with E-state index in [0.717, 1.165) is 13.1 Å². The van der Waals surface area contributed by atoms with Crippen molar-refractivity contribution < 1.29 is 0 Å². The Kier molecular flexibility index (Phi) is 5.01. The molecule has 3 heteroatoms. The molecule has 3 aliphatic rings. The fourth-order valence-corrected chi connectivity index (χ4v) is 4.98. The van der Waals surface area contributed by atoms with E-state index in [1.54, 1.807) is 0 Å². The van der Waals surface area contributed by atoms with Gasteiger partial charge in [0.1, 0.15) is 0 Å². The van der Waals surface area contributed by atoms with Crippen LogP contribution in [-0.4, -0.2) is 31.1 Å². The molecule has 1 saturated heterocycles. The maximum absolute atomic E-state index is 3.51. The number of hydrogen-bond acceptors (Lipinski definition) is 3. The summed E-state index contributed by atoms with van der Waals surface area (Å²) >= 11 is 0. The van der Waals surface area contributed by atoms with E-state index in [0.29, 0.717) is 23.9 Å². The Bertz CT molecular complexity index is 731. The molecule has 4 rings (SSSR count). The predicted octanol–water partition coefficient (Wildman–Crippen LogP) is 3.99. The summed E-state index contributed by atoms with van der Waals surface area (Å²) in [5.41, 5.74) is 5.77. The van der Waals surface area contributed by atoms with Crippen molar-refractivity contribution in [2.45, 2.75) is 38.8 Å². The molecule has 4 unspecified atom stereocenters. The van der Waals surface area contributed by atoms with E-state index in [4.69, 9.17) is 0 Å². The third kappa shape index (κ3) is 3.26. The van der Waals surface area contributed by atoms with Crippen molar-refractivity contribution in [2.75, 3.05) is 20.1 Å². The first-order valence-electron chi connectivity index (χ1n) is 9.96. The zero-order valence-corrected chi connectivity index (χ0v) is 16.2. The fraction of sp³-hybridized carbons (Fsp3) is 0.478. The average molecular weight is 350 g/mol. The van der Waals surface area contributed by atoms with Crippen LogP contribution in [0.3, 0.4) is 0 Å². The Labute approximate surface area is 157 Å². The monoisotopic (exact) mass is 349 g/mol. The van der Waals surface area contributed by atoms with E-state index < -0.39 is 0 Å². The molecular formula is C23H31N3. The zero-order chi connectivity index (χ0) is 18.1. The summed E-state index contributed by atoms with van der Waals surface area (Å²) in [4.78, 5) is 2.73. The second-order valence-corrected chi connectivity index (χ2v) is 8.05. The summed E-state index contributed by atoms with van der Waals surface area (Å²) in [6.07, 6.45) is 9.30. The molecule has 1 fully saturated rings. The molecule has 1 aromatic rings. The van der Waals surface area contributed by atoms with E-state index in [-0.39, 0.29) is 0 Å². The molecule has 0 saturated carbocycles. The summed E-state index contributed by atoms with van der Waals surface area (Å²) < 4.78 is 0. The lowest BCUT2D eigenvalue weighted by Crippen LogP contribution is -2.46. The Morgan fingerprint density at radius 1 is 1.19 bits per heavy atom. The maximum atomic E-state index is 3.51. The lowest BCUT2D eigenvalue weighted by atomic mass is 9.78. The molecule has 0 radical (unpaired) electrons. The smallest absolute Gasteiger partial charge is 0.0363 e. The second kappa shape index (κ2) is 7.42. The first-order valence-corrected chi connectivity index (χ1v) is 9.96. The van der Waals surface area contributed by atoms with Crippen LogP contribution in [0.15, 0.2) is 65.5 Å². The first-order chi connectivity index (χ1) is 12.7. The van der Waals surface area contributed by atoms with Gasteiger partial charge in [-0.15, -0.1) is 0 Å². The molecular weight excluding hydrogens is 318 g/mol. The van der Waals surface area contributed by atoms with Crippen molar-refractivity contribution in [3.05, 3.63) is 71.1 Å². The fourth-order valence-electron chi connectivity index (χ4n) is 4.98. The molecule has 0 amide bonds. The lowest BCUT2D eigenvalue weighted by Gasteiger charge is -2.43. The first kappa shape index (κ1) is 17.6. The number of likely N-dealkylation sites (tertiary alicyclic amines) is 1. The molecule has 0 spiro atoms. The Morgan fingerprint density at radius 2 is 2.00 bits per heavy atom. The van der Waals surface area contributed by atoms with Crippen molar-refractivity contribution in [1.82, 2.24) is 15.5 Å². The molecule has 1 aromatic carbocycles.